The maximum absolute atomic E-state index is 11.8. The average molecular weight is 346 g/mol. The number of amides is 2. The number of carbonyl (C=O) groups is 1. The molecule has 2 aromatic rings. The summed E-state index contributed by atoms with van der Waals surface area (Å²) in [5.74, 6) is 0. The second kappa shape index (κ2) is 9.20. The van der Waals surface area contributed by atoms with Gasteiger partial charge in [0, 0.05) is 35.0 Å². The monoisotopic (exact) mass is 346 g/mol. The van der Waals surface area contributed by atoms with Crippen molar-refractivity contribution in [3.8, 4) is 0 Å². The number of nitrogens with one attached hydrogen (secondary N) is 2. The predicted octanol–water partition coefficient (Wildman–Crippen LogP) is 1.96. The molecule has 6 heteroatoms. The Kier molecular flexibility index (Phi) is 6.96. The molecule has 2 aromatic carbocycles. The Morgan fingerprint density at radius 1 is 0.958 bits per heavy atom. The van der Waals surface area contributed by atoms with Crippen molar-refractivity contribution in [3.63, 3.8) is 0 Å². The third-order valence-corrected chi connectivity index (χ3v) is 4.55. The van der Waals surface area contributed by atoms with Crippen molar-refractivity contribution in [2.75, 3.05) is 12.8 Å². The zero-order valence-electron chi connectivity index (χ0n) is 13.6. The number of hydrogen-bond acceptors (Lipinski definition) is 3. The normalized spacial score (nSPS) is 11.8. The van der Waals surface area contributed by atoms with Crippen molar-refractivity contribution in [1.82, 2.24) is 10.6 Å². The zero-order chi connectivity index (χ0) is 17.4. The fourth-order valence-corrected chi connectivity index (χ4v) is 2.69. The third-order valence-electron chi connectivity index (χ3n) is 3.61. The van der Waals surface area contributed by atoms with Crippen LogP contribution in [0.4, 0.5) is 4.79 Å². The quantitative estimate of drug-likeness (QED) is 0.717. The predicted molar refractivity (Wildman–Crippen MR) is 95.1 cm³/mol. The molecule has 0 heterocycles. The van der Waals surface area contributed by atoms with Gasteiger partial charge in [0.05, 0.1) is 6.61 Å². The van der Waals surface area contributed by atoms with Gasteiger partial charge in [0.1, 0.15) is 0 Å². The van der Waals surface area contributed by atoms with E-state index in [0.29, 0.717) is 13.1 Å². The molecular weight excluding hydrogens is 324 g/mol. The Labute approximate surface area is 144 Å². The Bertz CT molecular complexity index is 684. The van der Waals surface area contributed by atoms with Gasteiger partial charge < -0.3 is 15.7 Å². The summed E-state index contributed by atoms with van der Waals surface area (Å²) in [6.07, 6.45) is 2.37. The molecule has 1 atom stereocenters. The molecular formula is C18H22N2O3S. The summed E-state index contributed by atoms with van der Waals surface area (Å²) >= 11 is 0. The third kappa shape index (κ3) is 5.79. The van der Waals surface area contributed by atoms with Crippen LogP contribution < -0.4 is 10.6 Å². The van der Waals surface area contributed by atoms with Crippen molar-refractivity contribution in [2.24, 2.45) is 0 Å². The summed E-state index contributed by atoms with van der Waals surface area (Å²) < 4.78 is 11.3. The molecule has 0 bridgehead atoms. The first-order valence-electron chi connectivity index (χ1n) is 7.71. The van der Waals surface area contributed by atoms with E-state index in [2.05, 4.69) is 10.6 Å². The van der Waals surface area contributed by atoms with Gasteiger partial charge in [-0.1, -0.05) is 36.4 Å². The Balaban J connectivity index is 1.70. The first-order chi connectivity index (χ1) is 11.6. The van der Waals surface area contributed by atoms with E-state index in [0.717, 1.165) is 28.0 Å². The molecule has 0 aliphatic rings. The number of aliphatic hydroxyl groups excluding tert-OH is 1. The highest BCUT2D eigenvalue weighted by Gasteiger charge is 2.02. The van der Waals surface area contributed by atoms with E-state index in [-0.39, 0.29) is 12.6 Å². The molecule has 2 rings (SSSR count). The van der Waals surface area contributed by atoms with Crippen LogP contribution >= 0.6 is 0 Å². The molecule has 5 nitrogen and oxygen atoms in total. The van der Waals surface area contributed by atoms with E-state index in [4.69, 9.17) is 5.11 Å². The minimum Gasteiger partial charge on any atom is -0.392 e. The molecule has 2 amide bonds. The lowest BCUT2D eigenvalue weighted by molar-refractivity contribution is 0.240. The molecule has 0 spiro atoms. The molecule has 1 unspecified atom stereocenters. The molecule has 0 saturated carbocycles. The largest absolute Gasteiger partial charge is 0.392 e. The van der Waals surface area contributed by atoms with Gasteiger partial charge in [0.2, 0.25) is 0 Å². The Hall–Kier alpha value is -2.18. The molecule has 0 radical (unpaired) electrons. The topological polar surface area (TPSA) is 78.4 Å². The number of aliphatic hydroxyl groups is 1. The van der Waals surface area contributed by atoms with Crippen molar-refractivity contribution >= 4 is 16.8 Å². The van der Waals surface area contributed by atoms with Gasteiger partial charge in [0.25, 0.3) is 0 Å². The van der Waals surface area contributed by atoms with Crippen LogP contribution in [0.15, 0.2) is 53.4 Å². The van der Waals surface area contributed by atoms with Crippen molar-refractivity contribution in [3.05, 3.63) is 65.2 Å². The average Bonchev–Trinajstić information content (AvgIpc) is 2.61. The first kappa shape index (κ1) is 18.2. The van der Waals surface area contributed by atoms with Gasteiger partial charge in [-0.25, -0.2) is 4.79 Å². The van der Waals surface area contributed by atoms with Gasteiger partial charge in [0.15, 0.2) is 0 Å². The smallest absolute Gasteiger partial charge is 0.315 e. The summed E-state index contributed by atoms with van der Waals surface area (Å²) in [5.41, 5.74) is 2.94. The second-order valence-corrected chi connectivity index (χ2v) is 6.81. The van der Waals surface area contributed by atoms with Crippen LogP contribution in [0.2, 0.25) is 0 Å². The van der Waals surface area contributed by atoms with Crippen molar-refractivity contribution in [2.45, 2.75) is 24.5 Å². The number of hydrogen-bond donors (Lipinski definition) is 3. The van der Waals surface area contributed by atoms with Crippen LogP contribution in [-0.2, 0) is 30.4 Å². The van der Waals surface area contributed by atoms with Crippen LogP contribution in [0.1, 0.15) is 16.7 Å². The summed E-state index contributed by atoms with van der Waals surface area (Å²) in [7, 11) is -0.988. The maximum atomic E-state index is 11.8. The van der Waals surface area contributed by atoms with Gasteiger partial charge in [-0.2, -0.15) is 0 Å². The zero-order valence-corrected chi connectivity index (χ0v) is 14.4. The van der Waals surface area contributed by atoms with Gasteiger partial charge >= 0.3 is 6.03 Å². The van der Waals surface area contributed by atoms with Gasteiger partial charge in [-0.15, -0.1) is 0 Å². The Morgan fingerprint density at radius 3 is 2.12 bits per heavy atom. The molecule has 0 aromatic heterocycles. The standard InChI is InChI=1S/C18H22N2O3S/c1-24(23)17-8-6-15(7-9-17)12-20-18(22)19-11-10-14-2-4-16(13-21)5-3-14/h2-9,21H,10-13H2,1H3,(H2,19,20,22). The van der Waals surface area contributed by atoms with E-state index in [1.807, 2.05) is 36.4 Å². The molecule has 0 saturated heterocycles. The van der Waals surface area contributed by atoms with Gasteiger partial charge in [-0.3, -0.25) is 4.21 Å². The van der Waals surface area contributed by atoms with Crippen LogP contribution in [0.25, 0.3) is 0 Å². The summed E-state index contributed by atoms with van der Waals surface area (Å²) in [6, 6.07) is 14.8. The fraction of sp³-hybridized carbons (Fsp3) is 0.278. The first-order valence-corrected chi connectivity index (χ1v) is 9.27. The van der Waals surface area contributed by atoms with E-state index in [1.54, 1.807) is 18.4 Å². The van der Waals surface area contributed by atoms with E-state index < -0.39 is 10.8 Å². The maximum Gasteiger partial charge on any atom is 0.315 e. The lowest BCUT2D eigenvalue weighted by Gasteiger charge is -2.08. The molecule has 128 valence electrons. The highest BCUT2D eigenvalue weighted by Crippen LogP contribution is 2.07. The second-order valence-electron chi connectivity index (χ2n) is 5.43. The number of carbonyl (C=O) groups excluding carboxylic acids is 1. The molecule has 0 fully saturated rings. The van der Waals surface area contributed by atoms with E-state index in [9.17, 15) is 9.00 Å². The number of rotatable bonds is 7. The molecule has 24 heavy (non-hydrogen) atoms. The summed E-state index contributed by atoms with van der Waals surface area (Å²) in [5, 5.41) is 14.6. The molecule has 0 aliphatic heterocycles. The molecule has 3 N–H and O–H groups in total. The van der Waals surface area contributed by atoms with Crippen LogP contribution in [0.3, 0.4) is 0 Å². The summed E-state index contributed by atoms with van der Waals surface area (Å²) in [6.45, 7) is 1.00. The van der Waals surface area contributed by atoms with Crippen LogP contribution in [0.5, 0.6) is 0 Å². The lowest BCUT2D eigenvalue weighted by atomic mass is 10.1. The minimum atomic E-state index is -0.988. The minimum absolute atomic E-state index is 0.0378. The highest BCUT2D eigenvalue weighted by molar-refractivity contribution is 7.84. The lowest BCUT2D eigenvalue weighted by Crippen LogP contribution is -2.36. The van der Waals surface area contributed by atoms with E-state index >= 15 is 0 Å². The number of urea groups is 1. The van der Waals surface area contributed by atoms with Crippen molar-refractivity contribution in [1.29, 1.82) is 0 Å². The van der Waals surface area contributed by atoms with E-state index in [1.165, 1.54) is 0 Å². The van der Waals surface area contributed by atoms with Gasteiger partial charge in [-0.05, 0) is 35.2 Å². The Morgan fingerprint density at radius 2 is 1.54 bits per heavy atom. The SMILES string of the molecule is CS(=O)c1ccc(CNC(=O)NCCc2ccc(CO)cc2)cc1. The van der Waals surface area contributed by atoms with Crippen LogP contribution in [0, 0.1) is 0 Å². The highest BCUT2D eigenvalue weighted by atomic mass is 32.2. The van der Waals surface area contributed by atoms with Crippen LogP contribution in [-0.4, -0.2) is 28.1 Å². The van der Waals surface area contributed by atoms with Crippen molar-refractivity contribution < 1.29 is 14.1 Å². The number of benzene rings is 2. The summed E-state index contributed by atoms with van der Waals surface area (Å²) in [4.78, 5) is 12.6. The molecule has 0 aliphatic carbocycles. The fourth-order valence-electron chi connectivity index (χ4n) is 2.18.